The summed E-state index contributed by atoms with van der Waals surface area (Å²) in [6.07, 6.45) is 0.475. The number of amides is 3. The highest BCUT2D eigenvalue weighted by atomic mass is 16.6. The van der Waals surface area contributed by atoms with E-state index < -0.39 is 11.7 Å². The first-order chi connectivity index (χ1) is 8.67. The molecule has 0 aromatic rings. The Morgan fingerprint density at radius 1 is 1.11 bits per heavy atom. The first kappa shape index (κ1) is 15.6. The Balaban J connectivity index is 2.37. The van der Waals surface area contributed by atoms with Crippen molar-refractivity contribution >= 4 is 12.1 Å². The molecule has 0 radical (unpaired) electrons. The molecule has 1 aliphatic heterocycles. The minimum atomic E-state index is -0.654. The van der Waals surface area contributed by atoms with Crippen molar-refractivity contribution in [1.29, 1.82) is 0 Å². The lowest BCUT2D eigenvalue weighted by Gasteiger charge is -2.34. The molecule has 1 rings (SSSR count). The van der Waals surface area contributed by atoms with Gasteiger partial charge in [-0.3, -0.25) is 0 Å². The average molecular weight is 271 g/mol. The number of piperidine rings is 1. The summed E-state index contributed by atoms with van der Waals surface area (Å²) in [4.78, 5) is 25.0. The molecule has 0 bridgehead atoms. The fourth-order valence-electron chi connectivity index (χ4n) is 2.32. The van der Waals surface area contributed by atoms with Crippen LogP contribution in [0.25, 0.3) is 0 Å². The Hall–Kier alpha value is -1.46. The second-order valence-corrected chi connectivity index (χ2v) is 6.41. The topological polar surface area (TPSA) is 70.7 Å². The monoisotopic (exact) mass is 271 g/mol. The SMILES string of the molecule is C[C@@H]1C[C@H](C)CN(C(=O)NNC(=O)OC(C)(C)C)C1. The second kappa shape index (κ2) is 6.12. The number of carbonyl (C=O) groups is 2. The number of urea groups is 1. The van der Waals surface area contributed by atoms with Crippen molar-refractivity contribution in [3.63, 3.8) is 0 Å². The van der Waals surface area contributed by atoms with Crippen molar-refractivity contribution in [2.75, 3.05) is 13.1 Å². The van der Waals surface area contributed by atoms with E-state index in [2.05, 4.69) is 24.7 Å². The van der Waals surface area contributed by atoms with Gasteiger partial charge in [-0.15, -0.1) is 0 Å². The molecule has 1 fully saturated rings. The smallest absolute Gasteiger partial charge is 0.426 e. The van der Waals surface area contributed by atoms with E-state index in [9.17, 15) is 9.59 Å². The summed E-state index contributed by atoms with van der Waals surface area (Å²) in [5.74, 6) is 0.965. The summed E-state index contributed by atoms with van der Waals surface area (Å²) in [5.41, 5.74) is 4.06. The summed E-state index contributed by atoms with van der Waals surface area (Å²) in [6.45, 7) is 11.0. The van der Waals surface area contributed by atoms with Gasteiger partial charge in [-0.25, -0.2) is 20.4 Å². The van der Waals surface area contributed by atoms with Crippen LogP contribution in [0.4, 0.5) is 9.59 Å². The lowest BCUT2D eigenvalue weighted by molar-refractivity contribution is 0.0494. The van der Waals surface area contributed by atoms with Crippen LogP contribution in [0.5, 0.6) is 0 Å². The van der Waals surface area contributed by atoms with Crippen molar-refractivity contribution in [3.8, 4) is 0 Å². The van der Waals surface area contributed by atoms with Gasteiger partial charge in [0, 0.05) is 13.1 Å². The van der Waals surface area contributed by atoms with Gasteiger partial charge in [-0.2, -0.15) is 0 Å². The van der Waals surface area contributed by atoms with Crippen LogP contribution in [0.15, 0.2) is 0 Å². The zero-order valence-electron chi connectivity index (χ0n) is 12.4. The van der Waals surface area contributed by atoms with Crippen molar-refractivity contribution in [2.45, 2.75) is 46.6 Å². The molecular formula is C13H25N3O3. The van der Waals surface area contributed by atoms with Crippen molar-refractivity contribution in [3.05, 3.63) is 0 Å². The fraction of sp³-hybridized carbons (Fsp3) is 0.846. The van der Waals surface area contributed by atoms with Gasteiger partial charge in [0.2, 0.25) is 0 Å². The van der Waals surface area contributed by atoms with Gasteiger partial charge in [-0.1, -0.05) is 13.8 Å². The number of likely N-dealkylation sites (tertiary alicyclic amines) is 1. The molecule has 1 saturated heterocycles. The van der Waals surface area contributed by atoms with Crippen LogP contribution in [0, 0.1) is 11.8 Å². The Morgan fingerprint density at radius 2 is 1.63 bits per heavy atom. The van der Waals surface area contributed by atoms with Crippen LogP contribution in [-0.4, -0.2) is 35.7 Å². The first-order valence-electron chi connectivity index (χ1n) is 6.71. The Kier molecular flexibility index (Phi) is 5.03. The first-order valence-corrected chi connectivity index (χ1v) is 6.71. The molecule has 0 aromatic heterocycles. The summed E-state index contributed by atoms with van der Waals surface area (Å²) in [7, 11) is 0. The minimum absolute atomic E-state index is 0.288. The number of hydrazine groups is 1. The maximum atomic E-state index is 11.9. The van der Waals surface area contributed by atoms with Crippen molar-refractivity contribution < 1.29 is 14.3 Å². The van der Waals surface area contributed by atoms with Gasteiger partial charge in [0.15, 0.2) is 0 Å². The standard InChI is InChI=1S/C13H25N3O3/c1-9-6-10(2)8-16(7-9)11(17)14-15-12(18)19-13(3,4)5/h9-10H,6-8H2,1-5H3,(H,14,17)(H,15,18)/t9-,10+. The van der Waals surface area contributed by atoms with Crippen molar-refractivity contribution in [2.24, 2.45) is 11.8 Å². The molecule has 1 heterocycles. The number of ether oxygens (including phenoxy) is 1. The summed E-state index contributed by atoms with van der Waals surface area (Å²) >= 11 is 0. The summed E-state index contributed by atoms with van der Waals surface area (Å²) in [5, 5.41) is 0. The van der Waals surface area contributed by atoms with Crippen LogP contribution in [0.2, 0.25) is 0 Å². The van der Waals surface area contributed by atoms with E-state index in [1.807, 2.05) is 0 Å². The largest absolute Gasteiger partial charge is 0.443 e. The van der Waals surface area contributed by atoms with Gasteiger partial charge in [0.25, 0.3) is 0 Å². The molecule has 110 valence electrons. The summed E-state index contributed by atoms with van der Waals surface area (Å²) in [6, 6.07) is -0.288. The average Bonchev–Trinajstić information content (AvgIpc) is 2.22. The van der Waals surface area contributed by atoms with Crippen LogP contribution < -0.4 is 10.9 Å². The molecule has 19 heavy (non-hydrogen) atoms. The van der Waals surface area contributed by atoms with Crippen molar-refractivity contribution in [1.82, 2.24) is 15.8 Å². The molecule has 2 atom stereocenters. The molecule has 0 saturated carbocycles. The lowest BCUT2D eigenvalue weighted by atomic mass is 9.92. The normalized spacial score (nSPS) is 23.7. The van der Waals surface area contributed by atoms with Gasteiger partial charge in [-0.05, 0) is 39.0 Å². The third-order valence-corrected chi connectivity index (χ3v) is 2.83. The Bertz CT molecular complexity index is 329. The van der Waals surface area contributed by atoms with E-state index in [-0.39, 0.29) is 6.03 Å². The quantitative estimate of drug-likeness (QED) is 0.663. The van der Waals surface area contributed by atoms with E-state index in [1.165, 1.54) is 0 Å². The molecule has 6 heteroatoms. The van der Waals surface area contributed by atoms with E-state index in [4.69, 9.17) is 4.74 Å². The highest BCUT2D eigenvalue weighted by Crippen LogP contribution is 2.20. The zero-order valence-corrected chi connectivity index (χ0v) is 12.4. The van der Waals surface area contributed by atoms with Crippen LogP contribution in [-0.2, 0) is 4.74 Å². The molecule has 0 unspecified atom stereocenters. The highest BCUT2D eigenvalue weighted by molar-refractivity contribution is 5.77. The van der Waals surface area contributed by atoms with Gasteiger partial charge < -0.3 is 9.64 Å². The van der Waals surface area contributed by atoms with E-state index in [0.29, 0.717) is 24.9 Å². The number of hydrogen-bond donors (Lipinski definition) is 2. The molecule has 0 spiro atoms. The predicted molar refractivity (Wildman–Crippen MR) is 72.4 cm³/mol. The highest BCUT2D eigenvalue weighted by Gasteiger charge is 2.26. The van der Waals surface area contributed by atoms with Crippen LogP contribution >= 0.6 is 0 Å². The molecule has 0 aromatic carbocycles. The zero-order chi connectivity index (χ0) is 14.6. The number of carbonyl (C=O) groups excluding carboxylic acids is 2. The Labute approximate surface area is 114 Å². The van der Waals surface area contributed by atoms with Gasteiger partial charge in [0.05, 0.1) is 0 Å². The lowest BCUT2D eigenvalue weighted by Crippen LogP contribution is -2.53. The molecule has 0 aliphatic carbocycles. The minimum Gasteiger partial charge on any atom is -0.443 e. The van der Waals surface area contributed by atoms with E-state index >= 15 is 0 Å². The molecule has 6 nitrogen and oxygen atoms in total. The number of rotatable bonds is 0. The predicted octanol–water partition coefficient (Wildman–Crippen LogP) is 2.11. The second-order valence-electron chi connectivity index (χ2n) is 6.41. The Morgan fingerprint density at radius 3 is 2.11 bits per heavy atom. The van der Waals surface area contributed by atoms with Crippen LogP contribution in [0.1, 0.15) is 41.0 Å². The molecule has 3 amide bonds. The van der Waals surface area contributed by atoms with Crippen LogP contribution in [0.3, 0.4) is 0 Å². The maximum absolute atomic E-state index is 11.9. The third-order valence-electron chi connectivity index (χ3n) is 2.83. The number of nitrogens with zero attached hydrogens (tertiary/aromatic N) is 1. The summed E-state index contributed by atoms with van der Waals surface area (Å²) < 4.78 is 5.03. The number of hydrogen-bond acceptors (Lipinski definition) is 3. The fourth-order valence-corrected chi connectivity index (χ4v) is 2.32. The van der Waals surface area contributed by atoms with Gasteiger partial charge >= 0.3 is 12.1 Å². The van der Waals surface area contributed by atoms with Gasteiger partial charge in [0.1, 0.15) is 5.60 Å². The molecular weight excluding hydrogens is 246 g/mol. The molecule has 1 aliphatic rings. The molecule has 2 N–H and O–H groups in total. The maximum Gasteiger partial charge on any atom is 0.426 e. The van der Waals surface area contributed by atoms with E-state index in [0.717, 1.165) is 6.42 Å². The van der Waals surface area contributed by atoms with E-state index in [1.54, 1.807) is 25.7 Å². The third kappa shape index (κ3) is 5.81. The number of nitrogens with one attached hydrogen (secondary N) is 2.